The maximum Gasteiger partial charge on any atom is 0.162 e. The van der Waals surface area contributed by atoms with Gasteiger partial charge in [-0.3, -0.25) is 9.97 Å². The van der Waals surface area contributed by atoms with Crippen LogP contribution in [-0.4, -0.2) is 33.0 Å². The molecule has 22 heavy (non-hydrogen) atoms. The molecule has 0 atom stereocenters. The van der Waals surface area contributed by atoms with E-state index in [4.69, 9.17) is 5.73 Å². The molecule has 3 aromatic heterocycles. The van der Waals surface area contributed by atoms with Crippen molar-refractivity contribution in [1.82, 2.24) is 19.9 Å². The minimum absolute atomic E-state index is 0.671. The van der Waals surface area contributed by atoms with Crippen LogP contribution < -0.4 is 11.1 Å². The fraction of sp³-hybridized carbons (Fsp3) is 0.250. The number of hydrogen-bond donors (Lipinski definition) is 2. The van der Waals surface area contributed by atoms with E-state index < -0.39 is 0 Å². The molecule has 112 valence electrons. The lowest BCUT2D eigenvalue weighted by Crippen LogP contribution is -2.08. The zero-order chi connectivity index (χ0) is 15.2. The Hall–Kier alpha value is -2.60. The zero-order valence-corrected chi connectivity index (χ0v) is 12.2. The molecule has 0 amide bonds. The Morgan fingerprint density at radius 2 is 1.77 bits per heavy atom. The monoisotopic (exact) mass is 294 g/mol. The lowest BCUT2D eigenvalue weighted by Gasteiger charge is -2.10. The Labute approximate surface area is 128 Å². The fourth-order valence-electron chi connectivity index (χ4n) is 2.22. The molecule has 0 radical (unpaired) electrons. The second kappa shape index (κ2) is 6.91. The van der Waals surface area contributed by atoms with Crippen LogP contribution in [0.1, 0.15) is 12.8 Å². The number of pyridine rings is 2. The number of fused-ring (bicyclic) bond motifs is 1. The summed E-state index contributed by atoms with van der Waals surface area (Å²) in [4.78, 5) is 17.4. The lowest BCUT2D eigenvalue weighted by atomic mass is 10.2. The van der Waals surface area contributed by atoms with E-state index in [1.807, 2.05) is 18.2 Å². The van der Waals surface area contributed by atoms with Crippen molar-refractivity contribution in [2.45, 2.75) is 12.8 Å². The van der Waals surface area contributed by atoms with E-state index in [1.165, 1.54) is 0 Å². The number of unbranched alkanes of at least 4 members (excludes halogenated alkanes) is 1. The molecular formula is C16H18N6. The normalized spacial score (nSPS) is 10.8. The van der Waals surface area contributed by atoms with Gasteiger partial charge >= 0.3 is 0 Å². The molecular weight excluding hydrogens is 276 g/mol. The van der Waals surface area contributed by atoms with E-state index in [0.717, 1.165) is 41.7 Å². The predicted octanol–water partition coefficient (Wildman–Crippen LogP) is 2.24. The molecule has 0 saturated heterocycles. The topological polar surface area (TPSA) is 89.6 Å². The molecule has 0 aliphatic carbocycles. The van der Waals surface area contributed by atoms with E-state index in [9.17, 15) is 0 Å². The van der Waals surface area contributed by atoms with E-state index in [0.29, 0.717) is 12.4 Å². The van der Waals surface area contributed by atoms with Gasteiger partial charge in [-0.25, -0.2) is 9.97 Å². The SMILES string of the molecule is NCCCCNc1nc(-c2ccncc2)nc2cnccc12. The van der Waals surface area contributed by atoms with Crippen LogP contribution in [0.3, 0.4) is 0 Å². The van der Waals surface area contributed by atoms with Crippen molar-refractivity contribution < 1.29 is 0 Å². The molecule has 0 fully saturated rings. The highest BCUT2D eigenvalue weighted by Gasteiger charge is 2.09. The van der Waals surface area contributed by atoms with Crippen molar-refractivity contribution in [1.29, 1.82) is 0 Å². The van der Waals surface area contributed by atoms with Gasteiger partial charge in [0, 0.05) is 36.1 Å². The number of hydrogen-bond acceptors (Lipinski definition) is 6. The summed E-state index contributed by atoms with van der Waals surface area (Å²) in [5.74, 6) is 1.50. The van der Waals surface area contributed by atoms with Crippen LogP contribution in [0.2, 0.25) is 0 Å². The second-order valence-electron chi connectivity index (χ2n) is 4.95. The Kier molecular flexibility index (Phi) is 4.50. The average Bonchev–Trinajstić information content (AvgIpc) is 2.59. The lowest BCUT2D eigenvalue weighted by molar-refractivity contribution is 0.773. The number of nitrogens with one attached hydrogen (secondary N) is 1. The molecule has 6 nitrogen and oxygen atoms in total. The number of aromatic nitrogens is 4. The molecule has 0 aliphatic heterocycles. The maximum absolute atomic E-state index is 5.53. The van der Waals surface area contributed by atoms with Crippen molar-refractivity contribution in [2.24, 2.45) is 5.73 Å². The van der Waals surface area contributed by atoms with Crippen molar-refractivity contribution >= 4 is 16.7 Å². The van der Waals surface area contributed by atoms with Gasteiger partial charge in [0.05, 0.1) is 11.7 Å². The van der Waals surface area contributed by atoms with Gasteiger partial charge < -0.3 is 11.1 Å². The van der Waals surface area contributed by atoms with Gasteiger partial charge in [0.2, 0.25) is 0 Å². The third-order valence-electron chi connectivity index (χ3n) is 3.36. The zero-order valence-electron chi connectivity index (χ0n) is 12.2. The van der Waals surface area contributed by atoms with Gasteiger partial charge in [0.15, 0.2) is 5.82 Å². The second-order valence-corrected chi connectivity index (χ2v) is 4.95. The third-order valence-corrected chi connectivity index (χ3v) is 3.36. The van der Waals surface area contributed by atoms with Gasteiger partial charge in [-0.1, -0.05) is 0 Å². The Morgan fingerprint density at radius 1 is 0.955 bits per heavy atom. The van der Waals surface area contributed by atoms with Crippen molar-refractivity contribution in [3.63, 3.8) is 0 Å². The van der Waals surface area contributed by atoms with Crippen LogP contribution in [0.25, 0.3) is 22.3 Å². The molecule has 0 bridgehead atoms. The standard InChI is InChI=1S/C16H18N6/c17-6-1-2-7-20-16-13-5-10-19-11-14(13)21-15(22-16)12-3-8-18-9-4-12/h3-5,8-11H,1-2,6-7,17H2,(H,20,21,22). The highest BCUT2D eigenvalue weighted by molar-refractivity contribution is 5.89. The third kappa shape index (κ3) is 3.17. The minimum atomic E-state index is 0.671. The first kappa shape index (κ1) is 14.3. The molecule has 3 rings (SSSR count). The van der Waals surface area contributed by atoms with E-state index in [1.54, 1.807) is 24.8 Å². The smallest absolute Gasteiger partial charge is 0.162 e. The van der Waals surface area contributed by atoms with Crippen LogP contribution in [0.5, 0.6) is 0 Å². The quantitative estimate of drug-likeness (QED) is 0.678. The fourth-order valence-corrected chi connectivity index (χ4v) is 2.22. The van der Waals surface area contributed by atoms with Crippen LogP contribution in [0, 0.1) is 0 Å². The Balaban J connectivity index is 1.97. The molecule has 0 unspecified atom stereocenters. The van der Waals surface area contributed by atoms with Crippen LogP contribution in [0.15, 0.2) is 43.0 Å². The van der Waals surface area contributed by atoms with Gasteiger partial charge in [-0.15, -0.1) is 0 Å². The summed E-state index contributed by atoms with van der Waals surface area (Å²) < 4.78 is 0. The van der Waals surface area contributed by atoms with Crippen LogP contribution in [0.4, 0.5) is 5.82 Å². The largest absolute Gasteiger partial charge is 0.369 e. The van der Waals surface area contributed by atoms with Gasteiger partial charge in [-0.2, -0.15) is 0 Å². The first-order valence-electron chi connectivity index (χ1n) is 7.34. The average molecular weight is 294 g/mol. The highest BCUT2D eigenvalue weighted by Crippen LogP contribution is 2.23. The molecule has 0 aromatic carbocycles. The number of rotatable bonds is 6. The first-order chi connectivity index (χ1) is 10.9. The molecule has 6 heteroatoms. The van der Waals surface area contributed by atoms with E-state index >= 15 is 0 Å². The summed E-state index contributed by atoms with van der Waals surface area (Å²) in [7, 11) is 0. The summed E-state index contributed by atoms with van der Waals surface area (Å²) >= 11 is 0. The Bertz CT molecular complexity index is 744. The van der Waals surface area contributed by atoms with Crippen molar-refractivity contribution in [3.05, 3.63) is 43.0 Å². The number of nitrogens with zero attached hydrogens (tertiary/aromatic N) is 4. The molecule has 3 heterocycles. The maximum atomic E-state index is 5.53. The summed E-state index contributed by atoms with van der Waals surface area (Å²) in [5.41, 5.74) is 7.29. The van der Waals surface area contributed by atoms with Gasteiger partial charge in [0.25, 0.3) is 0 Å². The summed E-state index contributed by atoms with van der Waals surface area (Å²) in [5, 5.41) is 4.36. The summed E-state index contributed by atoms with van der Waals surface area (Å²) in [6.07, 6.45) is 8.99. The van der Waals surface area contributed by atoms with Crippen molar-refractivity contribution in [3.8, 4) is 11.4 Å². The van der Waals surface area contributed by atoms with Gasteiger partial charge in [-0.05, 0) is 37.6 Å². The molecule has 0 spiro atoms. The molecule has 3 aromatic rings. The molecule has 3 N–H and O–H groups in total. The minimum Gasteiger partial charge on any atom is -0.369 e. The van der Waals surface area contributed by atoms with Crippen LogP contribution >= 0.6 is 0 Å². The predicted molar refractivity (Wildman–Crippen MR) is 87.3 cm³/mol. The number of nitrogens with two attached hydrogens (primary N) is 1. The van der Waals surface area contributed by atoms with E-state index in [-0.39, 0.29) is 0 Å². The summed E-state index contributed by atoms with van der Waals surface area (Å²) in [6, 6.07) is 5.72. The summed E-state index contributed by atoms with van der Waals surface area (Å²) in [6.45, 7) is 1.54. The first-order valence-corrected chi connectivity index (χ1v) is 7.34. The molecule has 0 saturated carbocycles. The van der Waals surface area contributed by atoms with Crippen molar-refractivity contribution in [2.75, 3.05) is 18.4 Å². The van der Waals surface area contributed by atoms with E-state index in [2.05, 4.69) is 25.3 Å². The number of anilines is 1. The van der Waals surface area contributed by atoms with Gasteiger partial charge in [0.1, 0.15) is 5.82 Å². The Morgan fingerprint density at radius 3 is 2.59 bits per heavy atom. The highest BCUT2D eigenvalue weighted by atomic mass is 15.0. The molecule has 0 aliphatic rings. The van der Waals surface area contributed by atoms with Crippen LogP contribution in [-0.2, 0) is 0 Å².